The Hall–Kier alpha value is -1.53. The number of rotatable bonds is 2. The molecule has 0 radical (unpaired) electrons. The van der Waals surface area contributed by atoms with E-state index in [4.69, 9.17) is 23.1 Å². The number of amides is 1. The normalized spacial score (nSPS) is 10.5. The van der Waals surface area contributed by atoms with Gasteiger partial charge in [-0.15, -0.1) is 0 Å². The van der Waals surface area contributed by atoms with E-state index in [1.807, 2.05) is 0 Å². The van der Waals surface area contributed by atoms with Crippen LogP contribution in [-0.4, -0.2) is 15.7 Å². The topological polar surface area (TPSA) is 86.9 Å². The molecule has 0 fully saturated rings. The third-order valence-corrected chi connectivity index (χ3v) is 3.02. The molecule has 1 amide bonds. The van der Waals surface area contributed by atoms with E-state index >= 15 is 0 Å². The van der Waals surface area contributed by atoms with E-state index in [1.165, 1.54) is 10.9 Å². The van der Waals surface area contributed by atoms with E-state index in [9.17, 15) is 4.79 Å². The highest BCUT2D eigenvalue weighted by Crippen LogP contribution is 2.26. The van der Waals surface area contributed by atoms with Crippen molar-refractivity contribution < 1.29 is 4.79 Å². The van der Waals surface area contributed by atoms with Crippen molar-refractivity contribution in [3.05, 3.63) is 39.5 Å². The van der Waals surface area contributed by atoms with Crippen LogP contribution in [0, 0.1) is 0 Å². The summed E-state index contributed by atoms with van der Waals surface area (Å²) in [6.07, 6.45) is 1.31. The lowest BCUT2D eigenvalue weighted by Gasteiger charge is -2.07. The fourth-order valence-electron chi connectivity index (χ4n) is 1.39. The Kier molecular flexibility index (Phi) is 3.08. The van der Waals surface area contributed by atoms with Gasteiger partial charge >= 0.3 is 0 Å². The summed E-state index contributed by atoms with van der Waals surface area (Å²) in [5.41, 5.74) is 11.7. The quantitative estimate of drug-likeness (QED) is 0.888. The van der Waals surface area contributed by atoms with Gasteiger partial charge in [0.1, 0.15) is 11.4 Å². The summed E-state index contributed by atoms with van der Waals surface area (Å²) in [5.74, 6) is -0.461. The van der Waals surface area contributed by atoms with Gasteiger partial charge in [0.25, 0.3) is 5.91 Å². The number of benzene rings is 1. The predicted molar refractivity (Wildman–Crippen MR) is 69.2 cm³/mol. The second kappa shape index (κ2) is 4.38. The molecule has 88 valence electrons. The highest BCUT2D eigenvalue weighted by Gasteiger charge is 2.15. The predicted octanol–water partition coefficient (Wildman–Crippen LogP) is 1.97. The standard InChI is InChI=1S/C10H8BrClN4O/c11-5-1-2-7(12)8(3-5)16-9(13)6(4-15-16)10(14)17/h1-4H,13H2,(H2,14,17). The second-order valence-electron chi connectivity index (χ2n) is 3.32. The number of hydrogen-bond acceptors (Lipinski definition) is 3. The molecule has 0 bridgehead atoms. The number of halogens is 2. The van der Waals surface area contributed by atoms with Gasteiger partial charge in [-0.3, -0.25) is 4.79 Å². The van der Waals surface area contributed by atoms with Gasteiger partial charge in [-0.25, -0.2) is 4.68 Å². The van der Waals surface area contributed by atoms with Crippen LogP contribution < -0.4 is 11.5 Å². The van der Waals surface area contributed by atoms with E-state index in [0.29, 0.717) is 10.7 Å². The lowest BCUT2D eigenvalue weighted by molar-refractivity contribution is 0.100. The summed E-state index contributed by atoms with van der Waals surface area (Å²) in [4.78, 5) is 11.1. The van der Waals surface area contributed by atoms with E-state index in [-0.39, 0.29) is 11.4 Å². The number of anilines is 1. The number of hydrogen-bond donors (Lipinski definition) is 2. The lowest BCUT2D eigenvalue weighted by atomic mass is 10.3. The molecule has 1 heterocycles. The van der Waals surface area contributed by atoms with E-state index in [0.717, 1.165) is 4.47 Å². The number of aromatic nitrogens is 2. The molecule has 0 atom stereocenters. The molecular formula is C10H8BrClN4O. The fraction of sp³-hybridized carbons (Fsp3) is 0. The maximum Gasteiger partial charge on any atom is 0.254 e. The van der Waals surface area contributed by atoms with Crippen LogP contribution in [0.25, 0.3) is 5.69 Å². The molecule has 0 spiro atoms. The van der Waals surface area contributed by atoms with Gasteiger partial charge in [-0.05, 0) is 18.2 Å². The largest absolute Gasteiger partial charge is 0.383 e. The molecule has 1 aromatic carbocycles. The van der Waals surface area contributed by atoms with Gasteiger partial charge in [0, 0.05) is 4.47 Å². The van der Waals surface area contributed by atoms with Gasteiger partial charge in [0.2, 0.25) is 0 Å². The van der Waals surface area contributed by atoms with Crippen molar-refractivity contribution in [1.82, 2.24) is 9.78 Å². The second-order valence-corrected chi connectivity index (χ2v) is 4.64. The van der Waals surface area contributed by atoms with Gasteiger partial charge in [0.15, 0.2) is 0 Å². The van der Waals surface area contributed by atoms with Crippen molar-refractivity contribution in [2.75, 3.05) is 5.73 Å². The zero-order chi connectivity index (χ0) is 12.6. The number of nitrogens with zero attached hydrogens (tertiary/aromatic N) is 2. The Morgan fingerprint density at radius 2 is 2.18 bits per heavy atom. The van der Waals surface area contributed by atoms with Gasteiger partial charge in [-0.2, -0.15) is 5.10 Å². The number of primary amides is 1. The minimum absolute atomic E-state index is 0.164. The monoisotopic (exact) mass is 314 g/mol. The fourth-order valence-corrected chi connectivity index (χ4v) is 1.93. The van der Waals surface area contributed by atoms with E-state index in [1.54, 1.807) is 18.2 Å². The molecule has 17 heavy (non-hydrogen) atoms. The summed E-state index contributed by atoms with van der Waals surface area (Å²) >= 11 is 9.36. The van der Waals surface area contributed by atoms with Crippen LogP contribution in [0.2, 0.25) is 5.02 Å². The maximum atomic E-state index is 11.1. The molecule has 7 heteroatoms. The van der Waals surface area contributed by atoms with Crippen molar-refractivity contribution in [3.63, 3.8) is 0 Å². The molecule has 5 nitrogen and oxygen atoms in total. The van der Waals surface area contributed by atoms with Crippen molar-refractivity contribution in [3.8, 4) is 5.69 Å². The van der Waals surface area contributed by atoms with Crippen molar-refractivity contribution in [2.45, 2.75) is 0 Å². The first-order valence-corrected chi connectivity index (χ1v) is 5.76. The molecule has 1 aromatic heterocycles. The number of carbonyl (C=O) groups is 1. The minimum atomic E-state index is -0.625. The third-order valence-electron chi connectivity index (χ3n) is 2.21. The third kappa shape index (κ3) is 2.13. The van der Waals surface area contributed by atoms with Gasteiger partial charge in [0.05, 0.1) is 16.9 Å². The lowest BCUT2D eigenvalue weighted by Crippen LogP contribution is -2.13. The molecule has 0 saturated heterocycles. The molecule has 0 aliphatic heterocycles. The first kappa shape index (κ1) is 11.9. The average molecular weight is 316 g/mol. The summed E-state index contributed by atoms with van der Waals surface area (Å²) in [5, 5.41) is 4.47. The Bertz CT molecular complexity index is 596. The van der Waals surface area contributed by atoms with Crippen molar-refractivity contribution in [2.24, 2.45) is 5.73 Å². The number of carbonyl (C=O) groups excluding carboxylic acids is 1. The van der Waals surface area contributed by atoms with Crippen molar-refractivity contribution in [1.29, 1.82) is 0 Å². The van der Waals surface area contributed by atoms with Crippen LogP contribution in [0.3, 0.4) is 0 Å². The van der Waals surface area contributed by atoms with Crippen molar-refractivity contribution >= 4 is 39.3 Å². The molecule has 0 unspecified atom stereocenters. The molecule has 0 aliphatic rings. The van der Waals surface area contributed by atoms with Crippen LogP contribution in [-0.2, 0) is 0 Å². The van der Waals surface area contributed by atoms with E-state index < -0.39 is 5.91 Å². The van der Waals surface area contributed by atoms with Gasteiger partial charge < -0.3 is 11.5 Å². The van der Waals surface area contributed by atoms with Gasteiger partial charge in [-0.1, -0.05) is 27.5 Å². The molecular weight excluding hydrogens is 307 g/mol. The molecule has 0 saturated carbocycles. The van der Waals surface area contributed by atoms with Crippen LogP contribution in [0.1, 0.15) is 10.4 Å². The first-order valence-electron chi connectivity index (χ1n) is 4.59. The smallest absolute Gasteiger partial charge is 0.254 e. The van der Waals surface area contributed by atoms with Crippen LogP contribution >= 0.6 is 27.5 Å². The average Bonchev–Trinajstić information content (AvgIpc) is 2.64. The zero-order valence-electron chi connectivity index (χ0n) is 8.52. The Morgan fingerprint density at radius 1 is 1.47 bits per heavy atom. The van der Waals surface area contributed by atoms with E-state index in [2.05, 4.69) is 21.0 Å². The Labute approximate surface area is 110 Å². The Morgan fingerprint density at radius 3 is 2.76 bits per heavy atom. The number of nitrogen functional groups attached to an aromatic ring is 1. The molecule has 4 N–H and O–H groups in total. The summed E-state index contributed by atoms with van der Waals surface area (Å²) in [6, 6.07) is 5.24. The van der Waals surface area contributed by atoms with Crippen LogP contribution in [0.15, 0.2) is 28.9 Å². The van der Waals surface area contributed by atoms with Crippen LogP contribution in [0.4, 0.5) is 5.82 Å². The Balaban J connectivity index is 2.61. The molecule has 0 aliphatic carbocycles. The maximum absolute atomic E-state index is 11.1. The highest BCUT2D eigenvalue weighted by atomic mass is 79.9. The molecule has 2 rings (SSSR count). The summed E-state index contributed by atoms with van der Waals surface area (Å²) in [6.45, 7) is 0. The molecule has 2 aromatic rings. The van der Waals surface area contributed by atoms with Crippen LogP contribution in [0.5, 0.6) is 0 Å². The minimum Gasteiger partial charge on any atom is -0.383 e. The SMILES string of the molecule is NC(=O)c1cnn(-c2cc(Br)ccc2Cl)c1N. The highest BCUT2D eigenvalue weighted by molar-refractivity contribution is 9.10. The summed E-state index contributed by atoms with van der Waals surface area (Å²) < 4.78 is 2.19. The first-order chi connectivity index (χ1) is 8.00. The zero-order valence-corrected chi connectivity index (χ0v) is 10.9. The summed E-state index contributed by atoms with van der Waals surface area (Å²) in [7, 11) is 0. The number of nitrogens with two attached hydrogens (primary N) is 2.